The number of nitrogens with one attached hydrogen (secondary N) is 2. The number of amides is 2. The van der Waals surface area contributed by atoms with Gasteiger partial charge in [0, 0.05) is 19.4 Å². The molecule has 1 atom stereocenters. The first kappa shape index (κ1) is 17.4. The first-order valence-electron chi connectivity index (χ1n) is 6.80. The number of carbonyl (C=O) groups excluding carboxylic acids is 2. The average Bonchev–Trinajstić information content (AvgIpc) is 2.33. The van der Waals surface area contributed by atoms with Crippen molar-refractivity contribution in [1.29, 1.82) is 0 Å². The highest BCUT2D eigenvalue weighted by Crippen LogP contribution is 1.99. The van der Waals surface area contributed by atoms with E-state index in [0.717, 1.165) is 6.42 Å². The third-order valence-corrected chi connectivity index (χ3v) is 2.58. The summed E-state index contributed by atoms with van der Waals surface area (Å²) in [7, 11) is 0. The van der Waals surface area contributed by atoms with E-state index in [0.29, 0.717) is 38.6 Å². The number of rotatable bonds is 10. The minimum Gasteiger partial charge on any atom is -0.480 e. The lowest BCUT2D eigenvalue weighted by Gasteiger charge is -2.14. The van der Waals surface area contributed by atoms with Gasteiger partial charge in [0.15, 0.2) is 0 Å². The SMILES string of the molecule is CCCC(=O)NCCC[C@H](NC(=O)CCC)C(=O)O. The van der Waals surface area contributed by atoms with Gasteiger partial charge in [-0.1, -0.05) is 13.8 Å². The fraction of sp³-hybridized carbons (Fsp3) is 0.769. The van der Waals surface area contributed by atoms with Crippen molar-refractivity contribution >= 4 is 17.8 Å². The second-order valence-electron chi connectivity index (χ2n) is 4.45. The van der Waals surface area contributed by atoms with E-state index in [1.165, 1.54) is 0 Å². The summed E-state index contributed by atoms with van der Waals surface area (Å²) < 4.78 is 0. The molecule has 2 amide bonds. The highest BCUT2D eigenvalue weighted by Gasteiger charge is 2.18. The monoisotopic (exact) mass is 272 g/mol. The molecule has 19 heavy (non-hydrogen) atoms. The zero-order valence-electron chi connectivity index (χ0n) is 11.7. The molecule has 0 aromatic heterocycles. The molecule has 0 unspecified atom stereocenters. The van der Waals surface area contributed by atoms with Gasteiger partial charge in [-0.05, 0) is 25.7 Å². The topological polar surface area (TPSA) is 95.5 Å². The quantitative estimate of drug-likeness (QED) is 0.518. The van der Waals surface area contributed by atoms with Crippen molar-refractivity contribution in [2.75, 3.05) is 6.54 Å². The highest BCUT2D eigenvalue weighted by atomic mass is 16.4. The van der Waals surface area contributed by atoms with Gasteiger partial charge in [-0.25, -0.2) is 4.79 Å². The van der Waals surface area contributed by atoms with Crippen LogP contribution in [-0.4, -0.2) is 35.5 Å². The van der Waals surface area contributed by atoms with Crippen LogP contribution in [-0.2, 0) is 14.4 Å². The maximum absolute atomic E-state index is 11.3. The minimum absolute atomic E-state index is 0.0237. The van der Waals surface area contributed by atoms with Crippen LogP contribution in [0.25, 0.3) is 0 Å². The van der Waals surface area contributed by atoms with E-state index in [4.69, 9.17) is 5.11 Å². The van der Waals surface area contributed by atoms with Gasteiger partial charge in [-0.3, -0.25) is 9.59 Å². The van der Waals surface area contributed by atoms with Crippen molar-refractivity contribution in [3.05, 3.63) is 0 Å². The molecule has 6 heteroatoms. The Kier molecular flexibility index (Phi) is 9.48. The number of carboxylic acids is 1. The number of carboxylic acid groups (broad SMARTS) is 1. The first-order chi connectivity index (χ1) is 9.01. The van der Waals surface area contributed by atoms with Crippen LogP contribution in [0, 0.1) is 0 Å². The van der Waals surface area contributed by atoms with Crippen molar-refractivity contribution in [2.24, 2.45) is 0 Å². The molecule has 0 aliphatic heterocycles. The van der Waals surface area contributed by atoms with Crippen LogP contribution in [0.15, 0.2) is 0 Å². The van der Waals surface area contributed by atoms with E-state index < -0.39 is 12.0 Å². The van der Waals surface area contributed by atoms with Crippen molar-refractivity contribution in [3.8, 4) is 0 Å². The molecule has 110 valence electrons. The Hall–Kier alpha value is -1.59. The number of aliphatic carboxylic acids is 1. The molecule has 0 fully saturated rings. The van der Waals surface area contributed by atoms with Crippen LogP contribution >= 0.6 is 0 Å². The third-order valence-electron chi connectivity index (χ3n) is 2.58. The van der Waals surface area contributed by atoms with Crippen LogP contribution in [0.2, 0.25) is 0 Å². The number of hydrogen-bond donors (Lipinski definition) is 3. The van der Waals surface area contributed by atoms with Gasteiger partial charge in [0.2, 0.25) is 11.8 Å². The molecule has 0 aliphatic carbocycles. The van der Waals surface area contributed by atoms with Gasteiger partial charge in [0.05, 0.1) is 0 Å². The van der Waals surface area contributed by atoms with E-state index in [2.05, 4.69) is 10.6 Å². The Morgan fingerprint density at radius 2 is 1.63 bits per heavy atom. The van der Waals surface area contributed by atoms with Gasteiger partial charge < -0.3 is 15.7 Å². The maximum atomic E-state index is 11.3. The van der Waals surface area contributed by atoms with E-state index >= 15 is 0 Å². The Morgan fingerprint density at radius 1 is 1.05 bits per heavy atom. The number of hydrogen-bond acceptors (Lipinski definition) is 3. The lowest BCUT2D eigenvalue weighted by molar-refractivity contribution is -0.142. The van der Waals surface area contributed by atoms with E-state index in [1.807, 2.05) is 13.8 Å². The molecule has 6 nitrogen and oxygen atoms in total. The zero-order chi connectivity index (χ0) is 14.7. The molecule has 0 aromatic rings. The number of carbonyl (C=O) groups is 3. The van der Waals surface area contributed by atoms with E-state index in [-0.39, 0.29) is 11.8 Å². The third kappa shape index (κ3) is 9.04. The van der Waals surface area contributed by atoms with E-state index in [9.17, 15) is 14.4 Å². The molecule has 0 rings (SSSR count). The molecule has 0 heterocycles. The molecule has 0 radical (unpaired) electrons. The Morgan fingerprint density at radius 3 is 2.16 bits per heavy atom. The highest BCUT2D eigenvalue weighted by molar-refractivity contribution is 5.83. The summed E-state index contributed by atoms with van der Waals surface area (Å²) in [5.74, 6) is -1.31. The summed E-state index contributed by atoms with van der Waals surface area (Å²) in [6.07, 6.45) is 3.13. The maximum Gasteiger partial charge on any atom is 0.326 e. The molecule has 0 saturated heterocycles. The fourth-order valence-corrected chi connectivity index (χ4v) is 1.60. The summed E-state index contributed by atoms with van der Waals surface area (Å²) in [5, 5.41) is 14.2. The molecular formula is C13H24N2O4. The molecule has 0 aromatic carbocycles. The molecule has 0 bridgehead atoms. The molecule has 3 N–H and O–H groups in total. The normalized spacial score (nSPS) is 11.7. The van der Waals surface area contributed by atoms with Crippen LogP contribution in [0.5, 0.6) is 0 Å². The molecule has 0 spiro atoms. The predicted molar refractivity (Wildman–Crippen MR) is 71.6 cm³/mol. The minimum atomic E-state index is -1.04. The average molecular weight is 272 g/mol. The summed E-state index contributed by atoms with van der Waals surface area (Å²) in [5.41, 5.74) is 0. The standard InChI is InChI=1S/C13H24N2O4/c1-3-6-11(16)14-9-5-8-10(13(18)19)15-12(17)7-4-2/h10H,3-9H2,1-2H3,(H,14,16)(H,15,17)(H,18,19)/t10-/m0/s1. The largest absolute Gasteiger partial charge is 0.480 e. The zero-order valence-corrected chi connectivity index (χ0v) is 11.7. The van der Waals surface area contributed by atoms with Crippen LogP contribution in [0.4, 0.5) is 0 Å². The molecule has 0 saturated carbocycles. The van der Waals surface area contributed by atoms with Crippen molar-refractivity contribution in [1.82, 2.24) is 10.6 Å². The predicted octanol–water partition coefficient (Wildman–Crippen LogP) is 1.05. The van der Waals surface area contributed by atoms with Crippen molar-refractivity contribution in [2.45, 2.75) is 58.4 Å². The smallest absolute Gasteiger partial charge is 0.326 e. The molecular weight excluding hydrogens is 248 g/mol. The van der Waals surface area contributed by atoms with Crippen molar-refractivity contribution < 1.29 is 19.5 Å². The van der Waals surface area contributed by atoms with Crippen LogP contribution in [0.1, 0.15) is 52.4 Å². The lowest BCUT2D eigenvalue weighted by atomic mass is 10.1. The first-order valence-corrected chi connectivity index (χ1v) is 6.80. The fourth-order valence-electron chi connectivity index (χ4n) is 1.60. The Labute approximate surface area is 113 Å². The lowest BCUT2D eigenvalue weighted by Crippen LogP contribution is -2.41. The summed E-state index contributed by atoms with van der Waals surface area (Å²) in [6.45, 7) is 4.22. The second-order valence-corrected chi connectivity index (χ2v) is 4.45. The molecule has 0 aliphatic rings. The Balaban J connectivity index is 3.92. The van der Waals surface area contributed by atoms with Gasteiger partial charge in [-0.15, -0.1) is 0 Å². The van der Waals surface area contributed by atoms with Crippen molar-refractivity contribution in [3.63, 3.8) is 0 Å². The summed E-state index contributed by atoms with van der Waals surface area (Å²) in [6, 6.07) is -0.873. The summed E-state index contributed by atoms with van der Waals surface area (Å²) in [4.78, 5) is 33.5. The Bertz CT molecular complexity index is 305. The van der Waals surface area contributed by atoms with Crippen LogP contribution in [0.3, 0.4) is 0 Å². The van der Waals surface area contributed by atoms with Gasteiger partial charge in [-0.2, -0.15) is 0 Å². The van der Waals surface area contributed by atoms with Gasteiger partial charge in [0.25, 0.3) is 0 Å². The van der Waals surface area contributed by atoms with Gasteiger partial charge >= 0.3 is 5.97 Å². The summed E-state index contributed by atoms with van der Waals surface area (Å²) >= 11 is 0. The van der Waals surface area contributed by atoms with Gasteiger partial charge in [0.1, 0.15) is 6.04 Å². The second kappa shape index (κ2) is 10.3. The van der Waals surface area contributed by atoms with E-state index in [1.54, 1.807) is 0 Å². The van der Waals surface area contributed by atoms with Crippen LogP contribution < -0.4 is 10.6 Å².